The molecule has 0 heterocycles. The van der Waals surface area contributed by atoms with Crippen molar-refractivity contribution >= 4 is 64.2 Å². The standard InChI is InChI=1S/2C3H7NO2S.2Mo.2Na.2O.2S/c2*4-2(1-7)3(5)6;;;;;;;;/h2*2,7H,1,4H2,(H,5,6);;;;;;;;/q;;;;2*+1;4*-2/p-4/t2*2-;;;;;;;;/m00......../s1. The number of carboxylic acids is 2. The predicted molar refractivity (Wildman–Crippen MR) is 66.5 cm³/mol. The summed E-state index contributed by atoms with van der Waals surface area (Å²) >= 11 is 8.61. The molecule has 0 aromatic rings. The number of carbonyl (C=O) groups is 2. The van der Waals surface area contributed by atoms with Crippen molar-refractivity contribution in [3.8, 4) is 0 Å². The van der Waals surface area contributed by atoms with Crippen LogP contribution >= 0.6 is 0 Å². The van der Waals surface area contributed by atoms with Gasteiger partial charge in [-0.25, -0.2) is 0 Å². The van der Waals surface area contributed by atoms with Crippen molar-refractivity contribution in [3.63, 3.8) is 0 Å². The second-order valence-electron chi connectivity index (χ2n) is 2.18. The summed E-state index contributed by atoms with van der Waals surface area (Å²) in [6, 6.07) is -1.95. The number of hydrogen-bond acceptors (Lipinski definition) is 8. The zero-order valence-electron chi connectivity index (χ0n) is 11.6. The first-order valence-corrected chi connectivity index (χ1v) is 4.61. The Hall–Kier alpha value is 3.56. The van der Waals surface area contributed by atoms with Crippen LogP contribution in [0.4, 0.5) is 0 Å². The van der Waals surface area contributed by atoms with Crippen molar-refractivity contribution in [1.29, 1.82) is 0 Å². The van der Waals surface area contributed by atoms with E-state index in [2.05, 4.69) is 25.3 Å². The smallest absolute Gasteiger partial charge is 1.00 e. The van der Waals surface area contributed by atoms with Crippen LogP contribution in [-0.4, -0.2) is 35.5 Å². The van der Waals surface area contributed by atoms with E-state index in [1.165, 1.54) is 0 Å². The molecule has 0 aliphatic rings. The van der Waals surface area contributed by atoms with Crippen LogP contribution in [0.2, 0.25) is 0 Å². The minimum absolute atomic E-state index is 0. The van der Waals surface area contributed by atoms with Crippen molar-refractivity contribution < 1.29 is 132 Å². The van der Waals surface area contributed by atoms with Crippen LogP contribution in [0.25, 0.3) is 0 Å². The van der Waals surface area contributed by atoms with Gasteiger partial charge in [0, 0.05) is 54.2 Å². The molecule has 0 radical (unpaired) electrons. The predicted octanol–water partition coefficient (Wildman–Crippen LogP) is -11.0. The number of carbonyl (C=O) groups excluding carboxylic acids is 2. The summed E-state index contributed by atoms with van der Waals surface area (Å²) in [6.07, 6.45) is 0. The summed E-state index contributed by atoms with van der Waals surface area (Å²) in [5.74, 6) is -2.53. The number of rotatable bonds is 4. The maximum Gasteiger partial charge on any atom is 1.00 e. The van der Waals surface area contributed by atoms with Crippen molar-refractivity contribution in [2.45, 2.75) is 12.1 Å². The number of carboxylic acid groups (broad SMARTS) is 2. The van der Waals surface area contributed by atoms with Crippen LogP contribution in [-0.2, 0) is 115 Å². The summed E-state index contributed by atoms with van der Waals surface area (Å²) in [4.78, 5) is 19.3. The first-order chi connectivity index (χ1) is 6.36. The molecule has 128 valence electrons. The van der Waals surface area contributed by atoms with E-state index < -0.39 is 24.0 Å². The molecule has 16 heteroatoms. The second kappa shape index (κ2) is 44.2. The largest absolute Gasteiger partial charge is 2.00 e. The average molecular weight is 572 g/mol. The normalized spacial score (nSPS) is 8.55. The molecule has 0 unspecified atom stereocenters. The van der Waals surface area contributed by atoms with Gasteiger partial charge in [-0.2, -0.15) is 11.5 Å². The van der Waals surface area contributed by atoms with E-state index in [4.69, 9.17) is 11.5 Å². The van der Waals surface area contributed by atoms with Crippen molar-refractivity contribution in [2.24, 2.45) is 11.5 Å². The van der Waals surface area contributed by atoms with Crippen LogP contribution < -0.4 is 80.8 Å². The Balaban J connectivity index is -0.0000000120. The Morgan fingerprint density at radius 2 is 0.955 bits per heavy atom. The van der Waals surface area contributed by atoms with Crippen LogP contribution in [0.5, 0.6) is 0 Å². The van der Waals surface area contributed by atoms with Gasteiger partial charge in [0.05, 0.1) is 11.9 Å². The molecule has 0 aromatic carbocycles. The molecule has 0 rings (SSSR count). The fourth-order valence-corrected chi connectivity index (χ4v) is 0.408. The average Bonchev–Trinajstić information content (AvgIpc) is 2.15. The van der Waals surface area contributed by atoms with Gasteiger partial charge in [0.25, 0.3) is 0 Å². The number of aliphatic carboxylic acids is 2. The van der Waals surface area contributed by atoms with Gasteiger partial charge in [-0.1, -0.05) is 0 Å². The van der Waals surface area contributed by atoms with Gasteiger partial charge in [-0.15, -0.1) is 0 Å². The summed E-state index contributed by atoms with van der Waals surface area (Å²) in [5, 5.41) is 19.3. The van der Waals surface area contributed by atoms with Crippen molar-refractivity contribution in [1.82, 2.24) is 0 Å². The van der Waals surface area contributed by atoms with Gasteiger partial charge in [-0.3, -0.25) is 0 Å². The Kier molecular flexibility index (Phi) is 128. The fourth-order valence-electron chi connectivity index (χ4n) is 0.136. The van der Waals surface area contributed by atoms with Gasteiger partial charge in [0.15, 0.2) is 0 Å². The Morgan fingerprint density at radius 3 is 0.955 bits per heavy atom. The molecule has 0 amide bonds. The van der Waals surface area contributed by atoms with Crippen molar-refractivity contribution in [2.75, 3.05) is 11.5 Å². The Bertz CT molecular complexity index is 198. The summed E-state index contributed by atoms with van der Waals surface area (Å²) < 4.78 is 0. The Morgan fingerprint density at radius 1 is 0.818 bits per heavy atom. The quantitative estimate of drug-likeness (QED) is 0.245. The topological polar surface area (TPSA) is 189 Å². The molecule has 0 aromatic heterocycles. The molecule has 0 bridgehead atoms. The van der Waals surface area contributed by atoms with Crippen LogP contribution in [0.3, 0.4) is 0 Å². The first-order valence-electron chi connectivity index (χ1n) is 3.45. The van der Waals surface area contributed by atoms with E-state index in [9.17, 15) is 19.8 Å². The molecular formula is C6H10Mo2N2Na2O6S4-10. The van der Waals surface area contributed by atoms with Crippen LogP contribution in [0.15, 0.2) is 0 Å². The SMILES string of the molecule is N[C@@H](C[S-])C(=O)[O-].N[C@@H](C[S-])C(=O)[O-].[Mo].[Mo].[Na+].[Na+].[O-2].[O-2].[S-2].[S-2]. The molecule has 4 N–H and O–H groups in total. The number of hydrogen-bond donors (Lipinski definition) is 2. The van der Waals surface area contributed by atoms with E-state index >= 15 is 0 Å². The van der Waals surface area contributed by atoms with Gasteiger partial charge in [0.2, 0.25) is 0 Å². The fraction of sp³-hybridized carbons (Fsp3) is 0.667. The van der Waals surface area contributed by atoms with E-state index in [1.807, 2.05) is 0 Å². The molecular weight excluding hydrogens is 562 g/mol. The second-order valence-corrected chi connectivity index (χ2v) is 2.85. The molecule has 0 spiro atoms. The van der Waals surface area contributed by atoms with Crippen LogP contribution in [0.1, 0.15) is 0 Å². The Labute approximate surface area is 227 Å². The van der Waals surface area contributed by atoms with Gasteiger partial charge in [-0.05, 0) is 0 Å². The van der Waals surface area contributed by atoms with Crippen molar-refractivity contribution in [3.05, 3.63) is 0 Å². The van der Waals surface area contributed by atoms with Gasteiger partial charge >= 0.3 is 59.1 Å². The molecule has 8 nitrogen and oxygen atoms in total. The molecule has 2 atom stereocenters. The summed E-state index contributed by atoms with van der Waals surface area (Å²) in [6.45, 7) is 0. The zero-order valence-corrected chi connectivity index (χ0v) is 22.9. The third kappa shape index (κ3) is 49.5. The molecule has 0 aliphatic carbocycles. The first kappa shape index (κ1) is 63.7. The molecule has 0 saturated heterocycles. The minimum atomic E-state index is -1.28. The van der Waals surface area contributed by atoms with E-state index in [1.54, 1.807) is 0 Å². The van der Waals surface area contributed by atoms with Gasteiger partial charge < -0.3 is 94.5 Å². The monoisotopic (exact) mass is 576 g/mol. The third-order valence-electron chi connectivity index (χ3n) is 0.965. The number of nitrogens with two attached hydrogens (primary N) is 2. The van der Waals surface area contributed by atoms with E-state index in [0.29, 0.717) is 0 Å². The van der Waals surface area contributed by atoms with E-state index in [0.717, 1.165) is 0 Å². The van der Waals surface area contributed by atoms with E-state index in [-0.39, 0.29) is 151 Å². The minimum Gasteiger partial charge on any atom is -2.00 e. The molecule has 0 aliphatic heterocycles. The van der Waals surface area contributed by atoms with Crippen LogP contribution in [0, 0.1) is 0 Å². The van der Waals surface area contributed by atoms with Gasteiger partial charge in [0.1, 0.15) is 0 Å². The zero-order chi connectivity index (χ0) is 11.7. The third-order valence-corrected chi connectivity index (χ3v) is 1.68. The molecule has 22 heavy (non-hydrogen) atoms. The summed E-state index contributed by atoms with van der Waals surface area (Å²) in [7, 11) is 0. The maximum atomic E-state index is 9.63. The molecule has 0 saturated carbocycles. The molecule has 0 fully saturated rings. The maximum absolute atomic E-state index is 9.63. The summed E-state index contributed by atoms with van der Waals surface area (Å²) in [5.41, 5.74) is 9.70.